The summed E-state index contributed by atoms with van der Waals surface area (Å²) in [5, 5.41) is 0. The quantitative estimate of drug-likeness (QED) is 0.839. The van der Waals surface area contributed by atoms with Gasteiger partial charge in [-0.15, -0.1) is 0 Å². The van der Waals surface area contributed by atoms with Crippen molar-refractivity contribution < 1.29 is 18.0 Å². The molecule has 0 unspecified atom stereocenters. The second-order valence-corrected chi connectivity index (χ2v) is 6.88. The Balaban J connectivity index is 2.00. The second-order valence-electron chi connectivity index (χ2n) is 5.89. The lowest BCUT2D eigenvalue weighted by Crippen LogP contribution is -2.53. The monoisotopic (exact) mass is 377 g/mol. The summed E-state index contributed by atoms with van der Waals surface area (Å²) in [6.45, 7) is 3.04. The summed E-state index contributed by atoms with van der Waals surface area (Å²) in [5.41, 5.74) is 5.21. The lowest BCUT2D eigenvalue weighted by molar-refractivity contribution is -0.141. The van der Waals surface area contributed by atoms with Gasteiger partial charge in [0.15, 0.2) is 0 Å². The Morgan fingerprint density at radius 1 is 1.32 bits per heavy atom. The third kappa shape index (κ3) is 5.21. The number of halogens is 3. The fraction of sp³-hybridized carbons (Fsp3) is 0.667. The van der Waals surface area contributed by atoms with E-state index in [0.717, 1.165) is 11.8 Å². The molecular weight excluding hydrogens is 355 g/mol. The molecule has 2 rings (SSSR count). The number of rotatable bonds is 5. The van der Waals surface area contributed by atoms with E-state index in [1.54, 1.807) is 21.6 Å². The number of hydrogen-bond acceptors (Lipinski definition) is 6. The molecule has 0 bridgehead atoms. The molecule has 1 amide bonds. The van der Waals surface area contributed by atoms with Gasteiger partial charge in [-0.2, -0.15) is 24.9 Å². The van der Waals surface area contributed by atoms with E-state index in [2.05, 4.69) is 9.97 Å². The van der Waals surface area contributed by atoms with Crippen LogP contribution in [0.25, 0.3) is 0 Å². The fourth-order valence-corrected chi connectivity index (χ4v) is 3.06. The second kappa shape index (κ2) is 8.22. The van der Waals surface area contributed by atoms with Crippen molar-refractivity contribution in [3.63, 3.8) is 0 Å². The lowest BCUT2D eigenvalue weighted by Gasteiger charge is -2.36. The summed E-state index contributed by atoms with van der Waals surface area (Å²) >= 11 is 1.63. The Morgan fingerprint density at radius 3 is 2.52 bits per heavy atom. The lowest BCUT2D eigenvalue weighted by atomic mass is 10.2. The number of piperazine rings is 1. The van der Waals surface area contributed by atoms with Gasteiger partial charge in [-0.3, -0.25) is 4.79 Å². The molecule has 10 heteroatoms. The first-order valence-electron chi connectivity index (χ1n) is 7.93. The maximum absolute atomic E-state index is 12.9. The van der Waals surface area contributed by atoms with E-state index in [0.29, 0.717) is 32.6 Å². The van der Waals surface area contributed by atoms with E-state index in [9.17, 15) is 18.0 Å². The van der Waals surface area contributed by atoms with Gasteiger partial charge in [0.2, 0.25) is 11.9 Å². The fourth-order valence-electron chi connectivity index (χ4n) is 2.57. The summed E-state index contributed by atoms with van der Waals surface area (Å²) in [7, 11) is 0. The van der Waals surface area contributed by atoms with Crippen LogP contribution in [-0.4, -0.2) is 65.0 Å². The van der Waals surface area contributed by atoms with Gasteiger partial charge in [0.1, 0.15) is 5.69 Å². The van der Waals surface area contributed by atoms with E-state index in [1.165, 1.54) is 6.92 Å². The highest BCUT2D eigenvalue weighted by Gasteiger charge is 2.34. The molecule has 0 aromatic carbocycles. The molecule has 6 nitrogen and oxygen atoms in total. The van der Waals surface area contributed by atoms with E-state index in [1.807, 2.05) is 6.26 Å². The molecule has 1 atom stereocenters. The molecular formula is C15H22F3N5OS. The number of hydrogen-bond donors (Lipinski definition) is 1. The third-order valence-corrected chi connectivity index (χ3v) is 4.60. The Bertz CT molecular complexity index is 605. The van der Waals surface area contributed by atoms with Gasteiger partial charge < -0.3 is 15.5 Å². The van der Waals surface area contributed by atoms with Crippen LogP contribution < -0.4 is 10.6 Å². The Labute approximate surface area is 149 Å². The third-order valence-electron chi connectivity index (χ3n) is 3.96. The van der Waals surface area contributed by atoms with E-state index < -0.39 is 17.9 Å². The Hall–Kier alpha value is -1.55. The largest absolute Gasteiger partial charge is 0.433 e. The molecule has 25 heavy (non-hydrogen) atoms. The first-order valence-corrected chi connectivity index (χ1v) is 9.33. The number of nitrogens with zero attached hydrogens (tertiary/aromatic N) is 4. The molecule has 1 fully saturated rings. The van der Waals surface area contributed by atoms with Crippen LogP contribution in [0.5, 0.6) is 0 Å². The van der Waals surface area contributed by atoms with Gasteiger partial charge in [-0.1, -0.05) is 0 Å². The van der Waals surface area contributed by atoms with Crippen LogP contribution in [0.3, 0.4) is 0 Å². The number of carbonyl (C=O) groups excluding carboxylic acids is 1. The van der Waals surface area contributed by atoms with Crippen LogP contribution in [0.15, 0.2) is 6.07 Å². The van der Waals surface area contributed by atoms with Crippen molar-refractivity contribution in [3.8, 4) is 0 Å². The molecule has 2 N–H and O–H groups in total. The number of anilines is 1. The van der Waals surface area contributed by atoms with Crippen LogP contribution >= 0.6 is 11.8 Å². The summed E-state index contributed by atoms with van der Waals surface area (Å²) < 4.78 is 38.7. The van der Waals surface area contributed by atoms with Gasteiger partial charge in [0, 0.05) is 31.9 Å². The van der Waals surface area contributed by atoms with Crippen molar-refractivity contribution in [2.75, 3.05) is 43.1 Å². The maximum atomic E-state index is 12.9. The molecule has 1 saturated heterocycles. The van der Waals surface area contributed by atoms with Gasteiger partial charge >= 0.3 is 6.18 Å². The average Bonchev–Trinajstić information content (AvgIpc) is 2.57. The van der Waals surface area contributed by atoms with Crippen molar-refractivity contribution in [1.82, 2.24) is 14.9 Å². The van der Waals surface area contributed by atoms with E-state index >= 15 is 0 Å². The smallest absolute Gasteiger partial charge is 0.338 e. The van der Waals surface area contributed by atoms with Crippen molar-refractivity contribution >= 4 is 23.6 Å². The van der Waals surface area contributed by atoms with Gasteiger partial charge in [-0.25, -0.2) is 9.97 Å². The summed E-state index contributed by atoms with van der Waals surface area (Å²) in [5.74, 6) is 0.741. The zero-order valence-corrected chi connectivity index (χ0v) is 15.0. The molecule has 140 valence electrons. The number of aryl methyl sites for hydroxylation is 1. The summed E-state index contributed by atoms with van der Waals surface area (Å²) in [6.07, 6.45) is -1.95. The first kappa shape index (κ1) is 19.8. The van der Waals surface area contributed by atoms with Gasteiger partial charge in [0.25, 0.3) is 0 Å². The van der Waals surface area contributed by atoms with E-state index in [-0.39, 0.29) is 17.5 Å². The minimum Gasteiger partial charge on any atom is -0.338 e. The van der Waals surface area contributed by atoms with Crippen molar-refractivity contribution in [1.29, 1.82) is 0 Å². The van der Waals surface area contributed by atoms with Crippen LogP contribution in [0.2, 0.25) is 0 Å². The molecule has 1 aromatic heterocycles. The molecule has 0 radical (unpaired) electrons. The van der Waals surface area contributed by atoms with E-state index in [4.69, 9.17) is 5.73 Å². The van der Waals surface area contributed by atoms with Crippen molar-refractivity contribution in [3.05, 3.63) is 17.5 Å². The molecule has 1 aliphatic heterocycles. The number of thioether (sulfide) groups is 1. The highest BCUT2D eigenvalue weighted by Crippen LogP contribution is 2.29. The number of alkyl halides is 3. The number of carbonyl (C=O) groups is 1. The number of amides is 1. The molecule has 0 saturated carbocycles. The molecule has 0 spiro atoms. The molecule has 1 aliphatic rings. The molecule has 1 aromatic rings. The number of aromatic nitrogens is 2. The maximum Gasteiger partial charge on any atom is 0.433 e. The molecule has 0 aliphatic carbocycles. The SMILES string of the molecule is CSCC[C@H](N)C(=O)N1CCN(c2nc(C)cc(C(F)(F)F)n2)CC1. The summed E-state index contributed by atoms with van der Waals surface area (Å²) in [4.78, 5) is 23.3. The van der Waals surface area contributed by atoms with Crippen LogP contribution in [0.4, 0.5) is 19.1 Å². The standard InChI is InChI=1S/C15H22F3N5OS/c1-10-9-12(15(16,17)18)21-14(20-10)23-6-4-22(5-7-23)13(24)11(19)3-8-25-2/h9,11H,3-8,19H2,1-2H3/t11-/m0/s1. The Kier molecular flexibility index (Phi) is 6.50. The minimum atomic E-state index is -4.51. The zero-order chi connectivity index (χ0) is 18.6. The van der Waals surface area contributed by atoms with Gasteiger partial charge in [0.05, 0.1) is 6.04 Å². The highest BCUT2D eigenvalue weighted by atomic mass is 32.2. The number of nitrogens with two attached hydrogens (primary N) is 1. The predicted molar refractivity (Wildman–Crippen MR) is 91.5 cm³/mol. The summed E-state index contributed by atoms with van der Waals surface area (Å²) in [6, 6.07) is 0.389. The minimum absolute atomic E-state index is 0.0473. The topological polar surface area (TPSA) is 75.4 Å². The van der Waals surface area contributed by atoms with Gasteiger partial charge in [-0.05, 0) is 31.4 Å². The van der Waals surface area contributed by atoms with Crippen molar-refractivity contribution in [2.45, 2.75) is 25.6 Å². The predicted octanol–water partition coefficient (Wildman–Crippen LogP) is 1.53. The molecule has 2 heterocycles. The Morgan fingerprint density at radius 2 is 1.96 bits per heavy atom. The van der Waals surface area contributed by atoms with Crippen LogP contribution in [0.1, 0.15) is 17.8 Å². The van der Waals surface area contributed by atoms with Crippen molar-refractivity contribution in [2.24, 2.45) is 5.73 Å². The zero-order valence-electron chi connectivity index (χ0n) is 14.2. The highest BCUT2D eigenvalue weighted by molar-refractivity contribution is 7.98. The average molecular weight is 377 g/mol. The van der Waals surface area contributed by atoms with Crippen LogP contribution in [-0.2, 0) is 11.0 Å². The normalized spacial score (nSPS) is 16.9. The first-order chi connectivity index (χ1) is 11.7. The van der Waals surface area contributed by atoms with Crippen LogP contribution in [0, 0.1) is 6.92 Å².